The second kappa shape index (κ2) is 6.64. The Kier molecular flexibility index (Phi) is 5.40. The van der Waals surface area contributed by atoms with Gasteiger partial charge in [-0.3, -0.25) is 0 Å². The van der Waals surface area contributed by atoms with Crippen LogP contribution in [0.3, 0.4) is 0 Å². The van der Waals surface area contributed by atoms with Crippen LogP contribution in [0.4, 0.5) is 0 Å². The van der Waals surface area contributed by atoms with Gasteiger partial charge in [0.2, 0.25) is 5.79 Å². The topological polar surface area (TPSA) is 238 Å². The monoisotopic (exact) mass is 372 g/mol. The molecule has 0 aromatic rings. The molecule has 2 aliphatic heterocycles. The Morgan fingerprint density at radius 3 is 1.84 bits per heavy atom. The summed E-state index contributed by atoms with van der Waals surface area (Å²) in [6.45, 7) is -1.05. The van der Waals surface area contributed by atoms with Crippen LogP contribution in [-0.2, 0) is 14.3 Å². The fraction of sp³-hybridized carbons (Fsp3) is 0.917. The fourth-order valence-electron chi connectivity index (χ4n) is 3.01. The van der Waals surface area contributed by atoms with Crippen molar-refractivity contribution in [2.45, 2.75) is 60.4 Å². The number of aliphatic hydroxyl groups is 9. The number of rotatable bonds is 3. The summed E-state index contributed by atoms with van der Waals surface area (Å²) < 4.78 is 9.41. The maximum atomic E-state index is 11.8. The first kappa shape index (κ1) is 20.3. The summed E-state index contributed by atoms with van der Waals surface area (Å²) >= 11 is 0. The SMILES string of the molecule is O=C(O)[C@]1(C2(O)OC(CO)C(O)C(O)C2O)O[C@@H](O)[C@@H](O)[C@H](O)[C@@H]1O. The lowest BCUT2D eigenvalue weighted by Crippen LogP contribution is -2.83. The normalized spacial score (nSPS) is 54.3. The van der Waals surface area contributed by atoms with Gasteiger partial charge in [-0.15, -0.1) is 0 Å². The molecule has 25 heavy (non-hydrogen) atoms. The predicted octanol–water partition coefficient (Wildman–Crippen LogP) is -6.60. The number of carboxylic acids is 1. The third-order valence-corrected chi connectivity index (χ3v) is 4.50. The number of hydrogen-bond acceptors (Lipinski definition) is 12. The van der Waals surface area contributed by atoms with E-state index in [1.807, 2.05) is 0 Å². The van der Waals surface area contributed by atoms with E-state index in [1.165, 1.54) is 0 Å². The van der Waals surface area contributed by atoms with E-state index in [1.54, 1.807) is 0 Å². The van der Waals surface area contributed by atoms with Crippen LogP contribution >= 0.6 is 0 Å². The predicted molar refractivity (Wildman–Crippen MR) is 70.4 cm³/mol. The number of aliphatic carboxylic acids is 1. The van der Waals surface area contributed by atoms with Crippen LogP contribution in [0.15, 0.2) is 0 Å². The molecule has 5 unspecified atom stereocenters. The minimum absolute atomic E-state index is 1.05. The smallest absolute Gasteiger partial charge is 0.344 e. The molecule has 0 saturated carbocycles. The average Bonchev–Trinajstić information content (AvgIpc) is 2.57. The van der Waals surface area contributed by atoms with Crippen molar-refractivity contribution in [2.75, 3.05) is 6.61 Å². The molecule has 2 rings (SSSR count). The van der Waals surface area contributed by atoms with Crippen LogP contribution in [-0.4, -0.2) is 124 Å². The molecule has 0 amide bonds. The van der Waals surface area contributed by atoms with Gasteiger partial charge < -0.3 is 60.5 Å². The average molecular weight is 372 g/mol. The van der Waals surface area contributed by atoms with Gasteiger partial charge in [0.15, 0.2) is 6.29 Å². The molecule has 0 aliphatic carbocycles. The number of carbonyl (C=O) groups is 1. The zero-order valence-corrected chi connectivity index (χ0v) is 12.5. The van der Waals surface area contributed by atoms with E-state index in [0.29, 0.717) is 0 Å². The molecule has 0 bridgehead atoms. The summed E-state index contributed by atoms with van der Waals surface area (Å²) in [5.41, 5.74) is -3.50. The molecular formula is C12H20O13. The zero-order chi connectivity index (χ0) is 19.3. The van der Waals surface area contributed by atoms with Gasteiger partial charge in [0, 0.05) is 0 Å². The first-order valence-electron chi connectivity index (χ1n) is 7.14. The molecule has 2 saturated heterocycles. The lowest BCUT2D eigenvalue weighted by atomic mass is 9.74. The zero-order valence-electron chi connectivity index (χ0n) is 12.5. The molecule has 0 aromatic carbocycles. The minimum atomic E-state index is -3.55. The number of aliphatic hydroxyl groups excluding tert-OH is 8. The Hall–Kier alpha value is -0.970. The highest BCUT2D eigenvalue weighted by molar-refractivity contribution is 5.80. The Morgan fingerprint density at radius 1 is 0.840 bits per heavy atom. The highest BCUT2D eigenvalue weighted by Gasteiger charge is 2.75. The molecular weight excluding hydrogens is 352 g/mol. The molecule has 0 spiro atoms. The van der Waals surface area contributed by atoms with Gasteiger partial charge in [0.05, 0.1) is 6.61 Å². The van der Waals surface area contributed by atoms with Crippen molar-refractivity contribution in [3.63, 3.8) is 0 Å². The number of hydrogen-bond donors (Lipinski definition) is 10. The molecule has 2 aliphatic rings. The summed E-state index contributed by atoms with van der Waals surface area (Å²) in [5, 5.41) is 97.8. The summed E-state index contributed by atoms with van der Waals surface area (Å²) in [7, 11) is 0. The quantitative estimate of drug-likeness (QED) is 0.222. The Bertz CT molecular complexity index is 513. The van der Waals surface area contributed by atoms with Crippen molar-refractivity contribution in [1.82, 2.24) is 0 Å². The van der Waals surface area contributed by atoms with Crippen LogP contribution < -0.4 is 0 Å². The van der Waals surface area contributed by atoms with E-state index < -0.39 is 73.0 Å². The Balaban J connectivity index is 2.60. The molecule has 146 valence electrons. The summed E-state index contributed by atoms with van der Waals surface area (Å²) in [6, 6.07) is 0. The van der Waals surface area contributed by atoms with Gasteiger partial charge in [0.1, 0.15) is 42.7 Å². The van der Waals surface area contributed by atoms with Gasteiger partial charge in [-0.25, -0.2) is 4.79 Å². The van der Waals surface area contributed by atoms with Crippen molar-refractivity contribution in [3.05, 3.63) is 0 Å². The molecule has 13 nitrogen and oxygen atoms in total. The Morgan fingerprint density at radius 2 is 1.36 bits per heavy atom. The van der Waals surface area contributed by atoms with Crippen LogP contribution in [0, 0.1) is 0 Å². The molecule has 2 heterocycles. The molecule has 10 N–H and O–H groups in total. The van der Waals surface area contributed by atoms with E-state index in [0.717, 1.165) is 0 Å². The second-order valence-corrected chi connectivity index (χ2v) is 5.94. The van der Waals surface area contributed by atoms with E-state index in [4.69, 9.17) is 9.84 Å². The molecule has 13 heteroatoms. The van der Waals surface area contributed by atoms with Crippen molar-refractivity contribution in [1.29, 1.82) is 0 Å². The number of carboxylic acid groups (broad SMARTS) is 1. The summed E-state index contributed by atoms with van der Waals surface area (Å²) in [5.74, 6) is -5.79. The first-order valence-corrected chi connectivity index (χ1v) is 7.14. The lowest BCUT2D eigenvalue weighted by Gasteiger charge is -2.56. The highest BCUT2D eigenvalue weighted by atomic mass is 16.7. The Labute approximate surface area is 139 Å². The van der Waals surface area contributed by atoms with E-state index in [2.05, 4.69) is 4.74 Å². The highest BCUT2D eigenvalue weighted by Crippen LogP contribution is 2.44. The van der Waals surface area contributed by atoms with Crippen molar-refractivity contribution in [2.24, 2.45) is 0 Å². The van der Waals surface area contributed by atoms with Crippen LogP contribution in [0.1, 0.15) is 0 Å². The van der Waals surface area contributed by atoms with Crippen LogP contribution in [0.2, 0.25) is 0 Å². The number of ether oxygens (including phenoxy) is 2. The molecule has 2 fully saturated rings. The first-order chi connectivity index (χ1) is 11.5. The van der Waals surface area contributed by atoms with Gasteiger partial charge in [-0.2, -0.15) is 0 Å². The summed E-state index contributed by atoms with van der Waals surface area (Å²) in [6.07, 6.45) is -18.3. The lowest BCUT2D eigenvalue weighted by molar-refractivity contribution is -0.442. The van der Waals surface area contributed by atoms with Crippen LogP contribution in [0.5, 0.6) is 0 Å². The molecule has 0 radical (unpaired) electrons. The van der Waals surface area contributed by atoms with Crippen molar-refractivity contribution in [3.8, 4) is 0 Å². The van der Waals surface area contributed by atoms with Crippen LogP contribution in [0.25, 0.3) is 0 Å². The van der Waals surface area contributed by atoms with Crippen molar-refractivity contribution >= 4 is 5.97 Å². The summed E-state index contributed by atoms with van der Waals surface area (Å²) in [4.78, 5) is 11.8. The largest absolute Gasteiger partial charge is 0.479 e. The maximum Gasteiger partial charge on any atom is 0.344 e. The second-order valence-electron chi connectivity index (χ2n) is 5.94. The molecule has 10 atom stereocenters. The minimum Gasteiger partial charge on any atom is -0.479 e. The molecule has 0 aromatic heterocycles. The van der Waals surface area contributed by atoms with E-state index >= 15 is 0 Å². The van der Waals surface area contributed by atoms with Gasteiger partial charge in [-0.1, -0.05) is 0 Å². The van der Waals surface area contributed by atoms with E-state index in [-0.39, 0.29) is 0 Å². The third kappa shape index (κ3) is 2.65. The van der Waals surface area contributed by atoms with E-state index in [9.17, 15) is 50.8 Å². The maximum absolute atomic E-state index is 11.8. The third-order valence-electron chi connectivity index (χ3n) is 4.50. The standard InChI is InChI=1S/C12H20O13/c13-1-2-3(14)4(15)8(19)12(23,24-2)11(10(21)22)7(18)5(16)6(17)9(20)25-11/h2-9,13-20,23H,1H2,(H,21,22)/t2?,3?,4?,5-,6-,7-,8?,9+,11+,12?/m0/s1. The van der Waals surface area contributed by atoms with Gasteiger partial charge in [0.25, 0.3) is 5.60 Å². The van der Waals surface area contributed by atoms with Crippen molar-refractivity contribution < 1.29 is 65.3 Å². The fourth-order valence-corrected chi connectivity index (χ4v) is 3.01. The van der Waals surface area contributed by atoms with Gasteiger partial charge >= 0.3 is 5.97 Å². The van der Waals surface area contributed by atoms with Gasteiger partial charge in [-0.05, 0) is 0 Å².